The van der Waals surface area contributed by atoms with E-state index < -0.39 is 5.60 Å². The Morgan fingerprint density at radius 3 is 2.66 bits per heavy atom. The van der Waals surface area contributed by atoms with Crippen LogP contribution in [0.25, 0.3) is 0 Å². The van der Waals surface area contributed by atoms with Gasteiger partial charge in [-0.25, -0.2) is 4.39 Å². The number of benzene rings is 2. The van der Waals surface area contributed by atoms with Gasteiger partial charge >= 0.3 is 0 Å². The molecule has 1 heterocycles. The van der Waals surface area contributed by atoms with Crippen LogP contribution >= 0.6 is 0 Å². The van der Waals surface area contributed by atoms with Crippen molar-refractivity contribution in [1.29, 1.82) is 0 Å². The number of piperazine rings is 1. The molecular weight excluding hydrogens is 405 g/mol. The molecule has 0 radical (unpaired) electrons. The second-order valence-electron chi connectivity index (χ2n) is 8.54. The first kappa shape index (κ1) is 22.2. The van der Waals surface area contributed by atoms with Gasteiger partial charge in [-0.3, -0.25) is 9.69 Å². The largest absolute Gasteiger partial charge is 0.478 e. The molecule has 1 saturated heterocycles. The van der Waals surface area contributed by atoms with E-state index in [1.165, 1.54) is 17.7 Å². The summed E-state index contributed by atoms with van der Waals surface area (Å²) in [4.78, 5) is 14.8. The smallest absolute Gasteiger partial charge is 0.247 e. The van der Waals surface area contributed by atoms with E-state index in [9.17, 15) is 9.18 Å². The maximum absolute atomic E-state index is 13.4. The van der Waals surface area contributed by atoms with Gasteiger partial charge in [0.05, 0.1) is 0 Å². The number of nitrogens with one attached hydrogen (secondary N) is 2. The SMILES string of the molecule is CNC(=O)C1=CC=CC(Oc2ccc(F)cc2)(c2ccc(CN3CCN[C@@H](C)C3)cc2)C1. The third kappa shape index (κ3) is 5.09. The number of halogens is 1. The van der Waals surface area contributed by atoms with E-state index in [0.717, 1.165) is 31.7 Å². The van der Waals surface area contributed by atoms with Crippen molar-refractivity contribution in [3.8, 4) is 5.75 Å². The molecular formula is C26H30FN3O2. The van der Waals surface area contributed by atoms with Gasteiger partial charge in [-0.15, -0.1) is 0 Å². The average Bonchev–Trinajstić information content (AvgIpc) is 2.81. The molecule has 1 amide bonds. The lowest BCUT2D eigenvalue weighted by molar-refractivity contribution is -0.117. The highest BCUT2D eigenvalue weighted by Gasteiger charge is 2.36. The molecule has 1 aliphatic carbocycles. The summed E-state index contributed by atoms with van der Waals surface area (Å²) in [5.74, 6) is 0.0992. The average molecular weight is 436 g/mol. The van der Waals surface area contributed by atoms with Gasteiger partial charge in [0.1, 0.15) is 11.6 Å². The molecule has 1 aliphatic heterocycles. The first-order valence-corrected chi connectivity index (χ1v) is 11.1. The predicted octanol–water partition coefficient (Wildman–Crippen LogP) is 3.53. The third-order valence-corrected chi connectivity index (χ3v) is 6.05. The zero-order chi connectivity index (χ0) is 22.6. The van der Waals surface area contributed by atoms with E-state index in [4.69, 9.17) is 4.74 Å². The predicted molar refractivity (Wildman–Crippen MR) is 124 cm³/mol. The summed E-state index contributed by atoms with van der Waals surface area (Å²) in [7, 11) is 1.62. The van der Waals surface area contributed by atoms with Gasteiger partial charge in [-0.2, -0.15) is 0 Å². The first-order chi connectivity index (χ1) is 15.5. The van der Waals surface area contributed by atoms with Crippen molar-refractivity contribution in [3.63, 3.8) is 0 Å². The van der Waals surface area contributed by atoms with Crippen molar-refractivity contribution >= 4 is 5.91 Å². The number of hydrogen-bond acceptors (Lipinski definition) is 4. The van der Waals surface area contributed by atoms with E-state index >= 15 is 0 Å². The lowest BCUT2D eigenvalue weighted by Gasteiger charge is -2.35. The van der Waals surface area contributed by atoms with Crippen LogP contribution in [0.4, 0.5) is 4.39 Å². The summed E-state index contributed by atoms with van der Waals surface area (Å²) in [5.41, 5.74) is 1.97. The summed E-state index contributed by atoms with van der Waals surface area (Å²) in [6, 6.07) is 14.9. The van der Waals surface area contributed by atoms with Crippen molar-refractivity contribution in [2.75, 3.05) is 26.7 Å². The molecule has 6 heteroatoms. The zero-order valence-corrected chi connectivity index (χ0v) is 18.6. The molecule has 2 N–H and O–H groups in total. The molecule has 2 aliphatic rings. The number of ether oxygens (including phenoxy) is 1. The van der Waals surface area contributed by atoms with Crippen LogP contribution in [0.2, 0.25) is 0 Å². The Balaban J connectivity index is 1.59. The fourth-order valence-electron chi connectivity index (χ4n) is 4.38. The Morgan fingerprint density at radius 2 is 1.97 bits per heavy atom. The van der Waals surface area contributed by atoms with Crippen LogP contribution in [-0.4, -0.2) is 43.5 Å². The molecule has 0 bridgehead atoms. The lowest BCUT2D eigenvalue weighted by Crippen LogP contribution is -2.48. The van der Waals surface area contributed by atoms with Crippen molar-refractivity contribution in [2.45, 2.75) is 31.5 Å². The summed E-state index contributed by atoms with van der Waals surface area (Å²) in [6.45, 7) is 6.18. The van der Waals surface area contributed by atoms with E-state index in [-0.39, 0.29) is 11.7 Å². The minimum Gasteiger partial charge on any atom is -0.478 e. The molecule has 2 aromatic carbocycles. The number of nitrogens with zero attached hydrogens (tertiary/aromatic N) is 1. The third-order valence-electron chi connectivity index (χ3n) is 6.05. The standard InChI is InChI=1S/C26H30FN3O2/c1-19-17-30(15-14-29-19)18-20-5-7-22(8-6-20)26(32-24-11-9-23(27)10-12-24)13-3-4-21(16-26)25(31)28-2/h3-13,19,29H,14-18H2,1-2H3,(H,28,31)/t19-,26?/m0/s1. The monoisotopic (exact) mass is 435 g/mol. The lowest BCUT2D eigenvalue weighted by atomic mass is 9.82. The summed E-state index contributed by atoms with van der Waals surface area (Å²) < 4.78 is 19.8. The number of carbonyl (C=O) groups excluding carboxylic acids is 1. The summed E-state index contributed by atoms with van der Waals surface area (Å²) >= 11 is 0. The maximum Gasteiger partial charge on any atom is 0.247 e. The highest BCUT2D eigenvalue weighted by molar-refractivity contribution is 5.94. The molecule has 4 rings (SSSR count). The van der Waals surface area contributed by atoms with Crippen molar-refractivity contribution in [2.24, 2.45) is 0 Å². The van der Waals surface area contributed by atoms with E-state index in [1.54, 1.807) is 19.2 Å². The maximum atomic E-state index is 13.4. The summed E-state index contributed by atoms with van der Waals surface area (Å²) in [6.07, 6.45) is 6.02. The van der Waals surface area contributed by atoms with Gasteiger partial charge in [0.2, 0.25) is 5.91 Å². The topological polar surface area (TPSA) is 53.6 Å². The van der Waals surface area contributed by atoms with E-state index in [1.807, 2.05) is 18.2 Å². The van der Waals surface area contributed by atoms with Crippen LogP contribution in [0, 0.1) is 5.82 Å². The van der Waals surface area contributed by atoms with Crippen LogP contribution in [0.5, 0.6) is 5.75 Å². The number of rotatable bonds is 6. The zero-order valence-electron chi connectivity index (χ0n) is 18.6. The Hall–Kier alpha value is -2.96. The van der Waals surface area contributed by atoms with E-state index in [0.29, 0.717) is 23.8 Å². The molecule has 2 aromatic rings. The molecule has 1 fully saturated rings. The summed E-state index contributed by atoms with van der Waals surface area (Å²) in [5, 5.41) is 6.17. The van der Waals surface area contributed by atoms with Crippen molar-refractivity contribution in [1.82, 2.24) is 15.5 Å². The molecule has 168 valence electrons. The van der Waals surface area contributed by atoms with Crippen LogP contribution in [0.3, 0.4) is 0 Å². The van der Waals surface area contributed by atoms with Crippen LogP contribution < -0.4 is 15.4 Å². The van der Waals surface area contributed by atoms with Gasteiger partial charge in [0, 0.05) is 51.3 Å². The Kier molecular flexibility index (Phi) is 6.72. The van der Waals surface area contributed by atoms with Gasteiger partial charge in [-0.1, -0.05) is 36.4 Å². The second-order valence-corrected chi connectivity index (χ2v) is 8.54. The normalized spacial score (nSPS) is 23.5. The molecule has 0 saturated carbocycles. The van der Waals surface area contributed by atoms with Gasteiger partial charge in [-0.05, 0) is 48.4 Å². The molecule has 2 atom stereocenters. The van der Waals surface area contributed by atoms with Crippen LogP contribution in [-0.2, 0) is 16.9 Å². The van der Waals surface area contributed by atoms with E-state index in [2.05, 4.69) is 46.7 Å². The highest BCUT2D eigenvalue weighted by atomic mass is 19.1. The second kappa shape index (κ2) is 9.67. The number of hydrogen-bond donors (Lipinski definition) is 2. The van der Waals surface area contributed by atoms with Crippen molar-refractivity contribution in [3.05, 3.63) is 89.3 Å². The highest BCUT2D eigenvalue weighted by Crippen LogP contribution is 2.38. The van der Waals surface area contributed by atoms with Gasteiger partial charge < -0.3 is 15.4 Å². The van der Waals surface area contributed by atoms with Crippen LogP contribution in [0.15, 0.2) is 72.3 Å². The quantitative estimate of drug-likeness (QED) is 0.729. The van der Waals surface area contributed by atoms with Gasteiger partial charge in [0.25, 0.3) is 0 Å². The van der Waals surface area contributed by atoms with Crippen LogP contribution in [0.1, 0.15) is 24.5 Å². The van der Waals surface area contributed by atoms with Gasteiger partial charge in [0.15, 0.2) is 5.60 Å². The molecule has 0 aromatic heterocycles. The molecule has 1 unspecified atom stereocenters. The minimum atomic E-state index is -0.851. The molecule has 5 nitrogen and oxygen atoms in total. The first-order valence-electron chi connectivity index (χ1n) is 11.1. The minimum absolute atomic E-state index is 0.133. The Morgan fingerprint density at radius 1 is 1.22 bits per heavy atom. The number of amides is 1. The Labute approximate surface area is 189 Å². The number of likely N-dealkylation sites (N-methyl/N-ethyl adjacent to an activating group) is 1. The fourth-order valence-corrected chi connectivity index (χ4v) is 4.38. The molecule has 0 spiro atoms. The number of carbonyl (C=O) groups is 1. The molecule has 32 heavy (non-hydrogen) atoms. The fraction of sp³-hybridized carbons (Fsp3) is 0.346. The van der Waals surface area contributed by atoms with Crippen molar-refractivity contribution < 1.29 is 13.9 Å². The Bertz CT molecular complexity index is 1000. The number of allylic oxidation sites excluding steroid dienone is 2.